The normalized spacial score (nSPS) is 14.1. The minimum absolute atomic E-state index is 0.123. The molecule has 0 saturated carbocycles. The summed E-state index contributed by atoms with van der Waals surface area (Å²) in [4.78, 5) is 26.3. The number of benzene rings is 2. The maximum atomic E-state index is 13.1. The Morgan fingerprint density at radius 1 is 1.08 bits per heavy atom. The summed E-state index contributed by atoms with van der Waals surface area (Å²) in [5.41, 5.74) is 4.50. The molecule has 0 aliphatic carbocycles. The van der Waals surface area contributed by atoms with Crippen molar-refractivity contribution in [1.29, 1.82) is 0 Å². The van der Waals surface area contributed by atoms with Crippen molar-refractivity contribution < 1.29 is 14.7 Å². The predicted molar refractivity (Wildman–Crippen MR) is 102 cm³/mol. The monoisotopic (exact) mass is 399 g/mol. The summed E-state index contributed by atoms with van der Waals surface area (Å²) in [7, 11) is 0. The number of nitrogens with zero attached hydrogens (tertiary/aromatic N) is 1. The van der Waals surface area contributed by atoms with Crippen molar-refractivity contribution in [2.75, 3.05) is 11.4 Å². The maximum Gasteiger partial charge on any atom is 0.332 e. The molecule has 3 rings (SSSR count). The molecule has 0 unspecified atom stereocenters. The summed E-state index contributed by atoms with van der Waals surface area (Å²) in [6, 6.07) is 13.0. The maximum absolute atomic E-state index is 13.1. The Morgan fingerprint density at radius 2 is 1.80 bits per heavy atom. The predicted octanol–water partition coefficient (Wildman–Crippen LogP) is 4.54. The van der Waals surface area contributed by atoms with Crippen LogP contribution in [0.1, 0.15) is 33.5 Å². The second kappa shape index (κ2) is 6.84. The van der Waals surface area contributed by atoms with E-state index in [2.05, 4.69) is 15.9 Å². The van der Waals surface area contributed by atoms with Gasteiger partial charge in [-0.2, -0.15) is 0 Å². The van der Waals surface area contributed by atoms with Crippen LogP contribution in [-0.4, -0.2) is 23.5 Å². The molecule has 1 heterocycles. The molecule has 1 aliphatic rings. The van der Waals surface area contributed by atoms with Gasteiger partial charge in [-0.05, 0) is 65.5 Å². The van der Waals surface area contributed by atoms with Crippen LogP contribution in [0.15, 0.2) is 48.0 Å². The molecule has 0 aromatic heterocycles. The third kappa shape index (κ3) is 3.24. The number of carbonyl (C=O) groups is 2. The topological polar surface area (TPSA) is 57.6 Å². The van der Waals surface area contributed by atoms with Crippen molar-refractivity contribution in [2.45, 2.75) is 20.3 Å². The lowest BCUT2D eigenvalue weighted by Gasteiger charge is -2.23. The van der Waals surface area contributed by atoms with Crippen LogP contribution in [0.4, 0.5) is 5.69 Å². The molecule has 0 atom stereocenters. The fourth-order valence-electron chi connectivity index (χ4n) is 2.95. The molecule has 1 amide bonds. The number of aryl methyl sites for hydroxylation is 2. The lowest BCUT2D eigenvalue weighted by molar-refractivity contribution is -0.132. The molecule has 2 aromatic carbocycles. The van der Waals surface area contributed by atoms with Gasteiger partial charge < -0.3 is 10.0 Å². The van der Waals surface area contributed by atoms with Crippen molar-refractivity contribution in [3.8, 4) is 0 Å². The van der Waals surface area contributed by atoms with Gasteiger partial charge in [-0.15, -0.1) is 0 Å². The van der Waals surface area contributed by atoms with Gasteiger partial charge in [-0.1, -0.05) is 24.3 Å². The van der Waals surface area contributed by atoms with E-state index in [0.29, 0.717) is 22.3 Å². The smallest absolute Gasteiger partial charge is 0.332 e. The molecule has 25 heavy (non-hydrogen) atoms. The van der Waals surface area contributed by atoms with E-state index >= 15 is 0 Å². The third-order valence-electron chi connectivity index (χ3n) is 4.54. The van der Waals surface area contributed by atoms with Crippen LogP contribution >= 0.6 is 15.9 Å². The van der Waals surface area contributed by atoms with Crippen LogP contribution in [0.5, 0.6) is 0 Å². The average molecular weight is 400 g/mol. The van der Waals surface area contributed by atoms with Gasteiger partial charge in [-0.3, -0.25) is 4.79 Å². The van der Waals surface area contributed by atoms with E-state index in [0.717, 1.165) is 16.7 Å². The highest BCUT2D eigenvalue weighted by Crippen LogP contribution is 2.38. The summed E-state index contributed by atoms with van der Waals surface area (Å²) in [5, 5.41) is 9.48. The molecular formula is C20H18BrNO3. The molecule has 2 aromatic rings. The van der Waals surface area contributed by atoms with Crippen LogP contribution < -0.4 is 4.90 Å². The van der Waals surface area contributed by atoms with E-state index in [1.807, 2.05) is 56.3 Å². The number of hydrogen-bond acceptors (Lipinski definition) is 2. The third-order valence-corrected chi connectivity index (χ3v) is 5.44. The van der Waals surface area contributed by atoms with Crippen molar-refractivity contribution in [2.24, 2.45) is 0 Å². The minimum atomic E-state index is -0.970. The largest absolute Gasteiger partial charge is 0.478 e. The molecule has 0 spiro atoms. The van der Waals surface area contributed by atoms with Crippen LogP contribution in [0.25, 0.3) is 4.48 Å². The van der Waals surface area contributed by atoms with Crippen molar-refractivity contribution in [1.82, 2.24) is 0 Å². The number of aliphatic carboxylic acids is 1. The highest BCUT2D eigenvalue weighted by atomic mass is 79.9. The number of halogens is 1. The zero-order chi connectivity index (χ0) is 18.1. The number of carboxylic acids is 1. The Balaban J connectivity index is 2.07. The number of anilines is 1. The molecule has 1 aliphatic heterocycles. The lowest BCUT2D eigenvalue weighted by Crippen LogP contribution is -2.32. The molecule has 0 fully saturated rings. The van der Waals surface area contributed by atoms with E-state index < -0.39 is 5.97 Å². The quantitative estimate of drug-likeness (QED) is 0.805. The number of para-hydroxylation sites is 1. The summed E-state index contributed by atoms with van der Waals surface area (Å²) >= 11 is 3.42. The standard InChI is InChI=1S/C20H18BrNO3/c1-12-7-8-14(11-13(12)2)19(23)22-10-9-16(20(24)25)18(21)15-5-3-4-6-17(15)22/h3-8,11H,9-10H2,1-2H3,(H,24,25). The van der Waals surface area contributed by atoms with E-state index in [1.165, 1.54) is 0 Å². The van der Waals surface area contributed by atoms with Crippen LogP contribution in [0, 0.1) is 13.8 Å². The van der Waals surface area contributed by atoms with Gasteiger partial charge in [0.05, 0.1) is 11.3 Å². The summed E-state index contributed by atoms with van der Waals surface area (Å²) < 4.78 is 0.533. The first-order valence-corrected chi connectivity index (χ1v) is 8.80. The van der Waals surface area contributed by atoms with Gasteiger partial charge in [0.25, 0.3) is 5.91 Å². The average Bonchev–Trinajstić information content (AvgIpc) is 2.74. The number of carboxylic acid groups (broad SMARTS) is 1. The molecular weight excluding hydrogens is 382 g/mol. The van der Waals surface area contributed by atoms with Gasteiger partial charge in [0.2, 0.25) is 0 Å². The minimum Gasteiger partial charge on any atom is -0.478 e. The Morgan fingerprint density at radius 3 is 2.48 bits per heavy atom. The zero-order valence-corrected chi connectivity index (χ0v) is 15.6. The van der Waals surface area contributed by atoms with E-state index in [4.69, 9.17) is 0 Å². The van der Waals surface area contributed by atoms with Crippen LogP contribution in [0.3, 0.4) is 0 Å². The molecule has 0 saturated heterocycles. The molecule has 1 N–H and O–H groups in total. The van der Waals surface area contributed by atoms with Crippen LogP contribution in [-0.2, 0) is 4.79 Å². The zero-order valence-electron chi connectivity index (χ0n) is 14.0. The Hall–Kier alpha value is -2.40. The Kier molecular flexibility index (Phi) is 4.77. The summed E-state index contributed by atoms with van der Waals surface area (Å²) in [6.45, 7) is 4.30. The van der Waals surface area contributed by atoms with Gasteiger partial charge in [0, 0.05) is 22.2 Å². The van der Waals surface area contributed by atoms with Crippen molar-refractivity contribution in [3.63, 3.8) is 0 Å². The highest BCUT2D eigenvalue weighted by Gasteiger charge is 2.27. The first-order chi connectivity index (χ1) is 11.9. The molecule has 4 nitrogen and oxygen atoms in total. The molecule has 0 radical (unpaired) electrons. The Bertz CT molecular complexity index is 902. The fourth-order valence-corrected chi connectivity index (χ4v) is 3.66. The number of fused-ring (bicyclic) bond motifs is 1. The van der Waals surface area contributed by atoms with E-state index in [9.17, 15) is 14.7 Å². The first kappa shape index (κ1) is 17.4. The number of carbonyl (C=O) groups excluding carboxylic acids is 1. The number of hydrogen-bond donors (Lipinski definition) is 1. The van der Waals surface area contributed by atoms with Gasteiger partial charge in [-0.25, -0.2) is 4.79 Å². The second-order valence-corrected chi connectivity index (χ2v) is 6.91. The fraction of sp³-hybridized carbons (Fsp3) is 0.200. The molecule has 5 heteroatoms. The number of rotatable bonds is 2. The number of amides is 1. The Labute approximate surface area is 154 Å². The summed E-state index contributed by atoms with van der Waals surface area (Å²) in [6.07, 6.45) is 0.279. The SMILES string of the molecule is Cc1ccc(C(=O)N2CCC(C(=O)O)=C(Br)c3ccccc32)cc1C. The summed E-state index contributed by atoms with van der Waals surface area (Å²) in [5.74, 6) is -1.09. The highest BCUT2D eigenvalue weighted by molar-refractivity contribution is 9.15. The second-order valence-electron chi connectivity index (χ2n) is 6.12. The van der Waals surface area contributed by atoms with Crippen molar-refractivity contribution >= 4 is 38.0 Å². The van der Waals surface area contributed by atoms with Gasteiger partial charge in [0.15, 0.2) is 0 Å². The van der Waals surface area contributed by atoms with E-state index in [1.54, 1.807) is 4.90 Å². The first-order valence-electron chi connectivity index (χ1n) is 8.00. The van der Waals surface area contributed by atoms with Crippen LogP contribution in [0.2, 0.25) is 0 Å². The van der Waals surface area contributed by atoms with Gasteiger partial charge in [0.1, 0.15) is 0 Å². The lowest BCUT2D eigenvalue weighted by atomic mass is 10.0. The molecule has 0 bridgehead atoms. The van der Waals surface area contributed by atoms with Gasteiger partial charge >= 0.3 is 5.97 Å². The van der Waals surface area contributed by atoms with Crippen molar-refractivity contribution in [3.05, 3.63) is 70.3 Å². The molecule has 128 valence electrons. The van der Waals surface area contributed by atoms with E-state index in [-0.39, 0.29) is 17.9 Å².